The number of rotatable bonds is 4. The minimum Gasteiger partial charge on any atom is -0.481 e. The van der Waals surface area contributed by atoms with Crippen LogP contribution in [0.1, 0.15) is 23.2 Å². The summed E-state index contributed by atoms with van der Waals surface area (Å²) in [6, 6.07) is 0.618. The monoisotopic (exact) mass is 297 g/mol. The van der Waals surface area contributed by atoms with Gasteiger partial charge in [0.05, 0.1) is 12.1 Å². The maximum absolute atomic E-state index is 12.9. The molecule has 1 aromatic heterocycles. The molecule has 88 valence electrons. The smallest absolute Gasteiger partial charge is 0.309 e. The predicted molar refractivity (Wildman–Crippen MR) is 53.1 cm³/mol. The molecule has 1 N–H and O–H groups in total. The minimum absolute atomic E-state index is 0.00255. The van der Waals surface area contributed by atoms with E-state index in [-0.39, 0.29) is 16.6 Å². The van der Waals surface area contributed by atoms with Gasteiger partial charge in [-0.3, -0.25) is 4.79 Å². The highest BCUT2D eigenvalue weighted by Crippen LogP contribution is 2.27. The Hall–Kier alpha value is -1.11. The molecule has 0 spiro atoms. The first-order valence-electron chi connectivity index (χ1n) is 4.19. The van der Waals surface area contributed by atoms with Crippen LogP contribution in [0.4, 0.5) is 13.2 Å². The van der Waals surface area contributed by atoms with E-state index >= 15 is 0 Å². The average molecular weight is 298 g/mol. The number of pyridine rings is 1. The summed E-state index contributed by atoms with van der Waals surface area (Å²) in [5.41, 5.74) is -0.681. The first kappa shape index (κ1) is 13.0. The number of hydrogen-bond acceptors (Lipinski definition) is 2. The largest absolute Gasteiger partial charge is 0.481 e. The zero-order valence-corrected chi connectivity index (χ0v) is 9.47. The Morgan fingerprint density at radius 2 is 2.19 bits per heavy atom. The van der Waals surface area contributed by atoms with Gasteiger partial charge >= 0.3 is 5.97 Å². The van der Waals surface area contributed by atoms with E-state index in [1.54, 1.807) is 0 Å². The molecule has 0 unspecified atom stereocenters. The summed E-state index contributed by atoms with van der Waals surface area (Å²) in [5.74, 6) is -2.35. The van der Waals surface area contributed by atoms with Crippen molar-refractivity contribution in [2.45, 2.75) is 18.2 Å². The van der Waals surface area contributed by atoms with Crippen molar-refractivity contribution >= 4 is 21.9 Å². The molecule has 0 amide bonds. The summed E-state index contributed by atoms with van der Waals surface area (Å²) in [6.45, 7) is 0. The van der Waals surface area contributed by atoms with Crippen LogP contribution in [0.5, 0.6) is 0 Å². The van der Waals surface area contributed by atoms with Gasteiger partial charge in [-0.1, -0.05) is 15.9 Å². The molecular formula is C9H7BrF3NO2. The van der Waals surface area contributed by atoms with Crippen LogP contribution < -0.4 is 0 Å². The van der Waals surface area contributed by atoms with Crippen LogP contribution in [-0.2, 0) is 16.5 Å². The topological polar surface area (TPSA) is 50.2 Å². The molecule has 0 aliphatic heterocycles. The summed E-state index contributed by atoms with van der Waals surface area (Å²) in [4.78, 5) is 13.8. The zero-order chi connectivity index (χ0) is 12.3. The number of hydrogen-bond donors (Lipinski definition) is 1. The predicted octanol–water partition coefficient (Wildman–Crippen LogP) is 2.68. The lowest BCUT2D eigenvalue weighted by atomic mass is 10.1. The lowest BCUT2D eigenvalue weighted by Gasteiger charge is -2.10. The number of aliphatic carboxylic acids is 1. The first-order chi connectivity index (χ1) is 7.45. The van der Waals surface area contributed by atoms with Crippen molar-refractivity contribution < 1.29 is 23.1 Å². The van der Waals surface area contributed by atoms with E-state index in [0.29, 0.717) is 6.07 Å². The molecule has 1 heterocycles. The van der Waals surface area contributed by atoms with Gasteiger partial charge in [0.1, 0.15) is 0 Å². The van der Waals surface area contributed by atoms with Gasteiger partial charge in [0, 0.05) is 17.0 Å². The molecule has 0 aliphatic carbocycles. The Balaban J connectivity index is 3.29. The first-order valence-corrected chi connectivity index (χ1v) is 5.32. The van der Waals surface area contributed by atoms with E-state index in [1.165, 1.54) is 0 Å². The van der Waals surface area contributed by atoms with E-state index in [4.69, 9.17) is 5.11 Å². The van der Waals surface area contributed by atoms with E-state index in [1.807, 2.05) is 0 Å². The van der Waals surface area contributed by atoms with Crippen LogP contribution in [0.25, 0.3) is 0 Å². The van der Waals surface area contributed by atoms with Crippen molar-refractivity contribution in [3.05, 3.63) is 28.8 Å². The minimum atomic E-state index is -2.86. The molecule has 0 aliphatic rings. The number of carboxylic acid groups (broad SMARTS) is 1. The second-order valence-electron chi connectivity index (χ2n) is 2.96. The summed E-state index contributed by atoms with van der Waals surface area (Å²) < 4.78 is 38.0. The fraction of sp³-hybridized carbons (Fsp3) is 0.333. The highest BCUT2D eigenvalue weighted by molar-refractivity contribution is 9.08. The number of halogens is 4. The number of aromatic nitrogens is 1. The maximum Gasteiger partial charge on any atom is 0.309 e. The van der Waals surface area contributed by atoms with Crippen molar-refractivity contribution in [3.63, 3.8) is 0 Å². The van der Waals surface area contributed by atoms with Gasteiger partial charge in [0.15, 0.2) is 0 Å². The summed E-state index contributed by atoms with van der Waals surface area (Å²) in [6.07, 6.45) is -3.45. The Kier molecular flexibility index (Phi) is 4.28. The normalized spacial score (nSPS) is 10.8. The molecule has 0 radical (unpaired) electrons. The third-order valence-corrected chi connectivity index (χ3v) is 2.46. The van der Waals surface area contributed by atoms with Gasteiger partial charge in [0.25, 0.3) is 6.43 Å². The fourth-order valence-corrected chi connectivity index (χ4v) is 1.90. The van der Waals surface area contributed by atoms with Gasteiger partial charge in [-0.15, -0.1) is 0 Å². The van der Waals surface area contributed by atoms with Crippen molar-refractivity contribution in [1.82, 2.24) is 4.98 Å². The zero-order valence-electron chi connectivity index (χ0n) is 7.88. The number of carbonyl (C=O) groups is 1. The van der Waals surface area contributed by atoms with Gasteiger partial charge in [-0.2, -0.15) is 4.39 Å². The quantitative estimate of drug-likeness (QED) is 0.687. The number of nitrogens with zero attached hydrogens (tertiary/aromatic N) is 1. The van der Waals surface area contributed by atoms with Crippen LogP contribution in [0.15, 0.2) is 6.07 Å². The van der Waals surface area contributed by atoms with Crippen molar-refractivity contribution in [2.75, 3.05) is 0 Å². The molecule has 0 aromatic carbocycles. The second kappa shape index (κ2) is 5.29. The number of alkyl halides is 3. The van der Waals surface area contributed by atoms with Crippen LogP contribution in [0, 0.1) is 5.95 Å². The highest BCUT2D eigenvalue weighted by Gasteiger charge is 2.19. The third-order valence-electron chi connectivity index (χ3n) is 1.90. The van der Waals surface area contributed by atoms with E-state index < -0.39 is 30.3 Å². The van der Waals surface area contributed by atoms with E-state index in [2.05, 4.69) is 20.9 Å². The molecule has 0 saturated heterocycles. The lowest BCUT2D eigenvalue weighted by Crippen LogP contribution is -2.09. The molecule has 1 aromatic rings. The second-order valence-corrected chi connectivity index (χ2v) is 3.53. The van der Waals surface area contributed by atoms with Crippen LogP contribution in [0.3, 0.4) is 0 Å². The Morgan fingerprint density at radius 3 is 2.62 bits per heavy atom. The highest BCUT2D eigenvalue weighted by atomic mass is 79.9. The standard InChI is InChI=1S/C9H7BrF3NO2/c10-3-5-4(9(12)13)1-7(11)14-6(5)2-8(15)16/h1,9H,2-3H2,(H,15,16). The summed E-state index contributed by atoms with van der Waals surface area (Å²) in [5, 5.41) is 8.54. The van der Waals surface area contributed by atoms with Gasteiger partial charge < -0.3 is 5.11 Å². The number of carboxylic acids is 1. The summed E-state index contributed by atoms with van der Waals surface area (Å²) >= 11 is 2.95. The SMILES string of the molecule is O=C(O)Cc1nc(F)cc(C(F)F)c1CBr. The molecule has 7 heteroatoms. The molecule has 0 saturated carbocycles. The molecular weight excluding hydrogens is 291 g/mol. The van der Waals surface area contributed by atoms with Crippen molar-refractivity contribution in [3.8, 4) is 0 Å². The van der Waals surface area contributed by atoms with Crippen molar-refractivity contribution in [1.29, 1.82) is 0 Å². The van der Waals surface area contributed by atoms with E-state index in [9.17, 15) is 18.0 Å². The van der Waals surface area contributed by atoms with Crippen LogP contribution >= 0.6 is 15.9 Å². The lowest BCUT2D eigenvalue weighted by molar-refractivity contribution is -0.136. The molecule has 3 nitrogen and oxygen atoms in total. The van der Waals surface area contributed by atoms with Crippen molar-refractivity contribution in [2.24, 2.45) is 0 Å². The summed E-state index contributed by atoms with van der Waals surface area (Å²) in [7, 11) is 0. The van der Waals surface area contributed by atoms with E-state index in [0.717, 1.165) is 0 Å². The Labute approximate surface area is 97.4 Å². The molecule has 0 atom stereocenters. The molecule has 1 rings (SSSR count). The third kappa shape index (κ3) is 2.94. The van der Waals surface area contributed by atoms with Gasteiger partial charge in [-0.05, 0) is 5.56 Å². The average Bonchev–Trinajstić information content (AvgIpc) is 2.15. The molecule has 0 fully saturated rings. The Morgan fingerprint density at radius 1 is 1.56 bits per heavy atom. The van der Waals surface area contributed by atoms with Gasteiger partial charge in [0.2, 0.25) is 5.95 Å². The van der Waals surface area contributed by atoms with Gasteiger partial charge in [-0.25, -0.2) is 13.8 Å². The molecule has 16 heavy (non-hydrogen) atoms. The Bertz CT molecular complexity index is 412. The fourth-order valence-electron chi connectivity index (χ4n) is 1.25. The maximum atomic E-state index is 12.9. The molecule has 0 bridgehead atoms. The van der Waals surface area contributed by atoms with Crippen LogP contribution in [0.2, 0.25) is 0 Å². The van der Waals surface area contributed by atoms with Crippen LogP contribution in [-0.4, -0.2) is 16.1 Å².